The van der Waals surface area contributed by atoms with Crippen molar-refractivity contribution in [3.8, 4) is 5.75 Å². The molecule has 2 aromatic rings. The highest BCUT2D eigenvalue weighted by molar-refractivity contribution is 5.93. The third-order valence-electron chi connectivity index (χ3n) is 5.38. The Morgan fingerprint density at radius 1 is 1.26 bits per heavy atom. The molecule has 0 atom stereocenters. The molecule has 1 aromatic carbocycles. The Morgan fingerprint density at radius 3 is 2.81 bits per heavy atom. The summed E-state index contributed by atoms with van der Waals surface area (Å²) >= 11 is 0. The fourth-order valence-electron chi connectivity index (χ4n) is 3.49. The summed E-state index contributed by atoms with van der Waals surface area (Å²) in [4.78, 5) is 12.6. The first-order valence-corrected chi connectivity index (χ1v) is 9.84. The van der Waals surface area contributed by atoms with E-state index < -0.39 is 0 Å². The number of para-hydroxylation sites is 1. The second-order valence-electron chi connectivity index (χ2n) is 7.49. The van der Waals surface area contributed by atoms with Crippen LogP contribution in [0.5, 0.6) is 5.75 Å². The van der Waals surface area contributed by atoms with Crippen LogP contribution in [0.25, 0.3) is 0 Å². The SMILES string of the molecule is Cc1c(C(=O)NCc2ccccc2OCC2CC2)nnn1C1CCNCC1. The van der Waals surface area contributed by atoms with Crippen molar-refractivity contribution in [2.45, 2.75) is 45.2 Å². The Hall–Kier alpha value is -2.41. The van der Waals surface area contributed by atoms with Gasteiger partial charge in [0, 0.05) is 12.1 Å². The Balaban J connectivity index is 1.39. The summed E-state index contributed by atoms with van der Waals surface area (Å²) < 4.78 is 7.82. The molecule has 27 heavy (non-hydrogen) atoms. The predicted octanol–water partition coefficient (Wildman–Crippen LogP) is 2.23. The van der Waals surface area contributed by atoms with Gasteiger partial charge in [-0.2, -0.15) is 0 Å². The van der Waals surface area contributed by atoms with E-state index in [2.05, 4.69) is 20.9 Å². The van der Waals surface area contributed by atoms with Crippen LogP contribution >= 0.6 is 0 Å². The van der Waals surface area contributed by atoms with Crippen LogP contribution in [0, 0.1) is 12.8 Å². The van der Waals surface area contributed by atoms with Crippen molar-refractivity contribution in [1.82, 2.24) is 25.6 Å². The lowest BCUT2D eigenvalue weighted by molar-refractivity contribution is 0.0944. The van der Waals surface area contributed by atoms with E-state index >= 15 is 0 Å². The van der Waals surface area contributed by atoms with Crippen LogP contribution in [0.4, 0.5) is 0 Å². The van der Waals surface area contributed by atoms with Gasteiger partial charge in [-0.15, -0.1) is 5.10 Å². The summed E-state index contributed by atoms with van der Waals surface area (Å²) in [5.41, 5.74) is 2.22. The predicted molar refractivity (Wildman–Crippen MR) is 102 cm³/mol. The van der Waals surface area contributed by atoms with Gasteiger partial charge in [-0.1, -0.05) is 23.4 Å². The molecule has 1 saturated heterocycles. The lowest BCUT2D eigenvalue weighted by Gasteiger charge is -2.23. The molecule has 2 N–H and O–H groups in total. The Bertz CT molecular complexity index is 793. The van der Waals surface area contributed by atoms with Crippen LogP contribution in [-0.4, -0.2) is 40.6 Å². The number of hydrogen-bond donors (Lipinski definition) is 2. The Morgan fingerprint density at radius 2 is 2.04 bits per heavy atom. The molecule has 0 radical (unpaired) electrons. The number of benzene rings is 1. The Kier molecular flexibility index (Phi) is 5.38. The number of piperidine rings is 1. The molecular weight excluding hydrogens is 342 g/mol. The zero-order valence-electron chi connectivity index (χ0n) is 15.8. The van der Waals surface area contributed by atoms with Crippen LogP contribution in [0.3, 0.4) is 0 Å². The minimum absolute atomic E-state index is 0.190. The molecule has 4 rings (SSSR count). The number of ether oxygens (including phenoxy) is 1. The van der Waals surface area contributed by atoms with E-state index in [0.717, 1.165) is 49.5 Å². The van der Waals surface area contributed by atoms with Crippen LogP contribution in [-0.2, 0) is 6.54 Å². The summed E-state index contributed by atoms with van der Waals surface area (Å²) in [6.07, 6.45) is 4.53. The van der Waals surface area contributed by atoms with Gasteiger partial charge in [-0.05, 0) is 57.7 Å². The van der Waals surface area contributed by atoms with E-state index in [9.17, 15) is 4.79 Å². The maximum absolute atomic E-state index is 12.6. The maximum Gasteiger partial charge on any atom is 0.274 e. The summed E-state index contributed by atoms with van der Waals surface area (Å²) in [6, 6.07) is 8.19. The van der Waals surface area contributed by atoms with Crippen molar-refractivity contribution in [2.75, 3.05) is 19.7 Å². The molecule has 144 valence electrons. The van der Waals surface area contributed by atoms with Gasteiger partial charge in [-0.3, -0.25) is 4.79 Å². The first-order valence-electron chi connectivity index (χ1n) is 9.84. The number of hydrogen-bond acceptors (Lipinski definition) is 5. The topological polar surface area (TPSA) is 81.1 Å². The number of nitrogens with one attached hydrogen (secondary N) is 2. The van der Waals surface area contributed by atoms with Crippen molar-refractivity contribution in [3.63, 3.8) is 0 Å². The largest absolute Gasteiger partial charge is 0.493 e. The van der Waals surface area contributed by atoms with Crippen LogP contribution in [0.15, 0.2) is 24.3 Å². The highest BCUT2D eigenvalue weighted by Crippen LogP contribution is 2.30. The molecule has 1 aromatic heterocycles. The number of amides is 1. The monoisotopic (exact) mass is 369 g/mol. The quantitative estimate of drug-likeness (QED) is 0.782. The standard InChI is InChI=1S/C20H27N5O2/c1-14-19(23-24-25(14)17-8-10-21-11-9-17)20(26)22-12-16-4-2-3-5-18(16)27-13-15-6-7-15/h2-5,15,17,21H,6-13H2,1H3,(H,22,26). The second-order valence-corrected chi connectivity index (χ2v) is 7.49. The molecule has 2 fully saturated rings. The molecule has 1 saturated carbocycles. The van der Waals surface area contributed by atoms with Gasteiger partial charge in [0.2, 0.25) is 0 Å². The molecule has 7 heteroatoms. The van der Waals surface area contributed by atoms with E-state index in [1.54, 1.807) is 0 Å². The normalized spacial score (nSPS) is 17.7. The molecule has 7 nitrogen and oxygen atoms in total. The fourth-order valence-corrected chi connectivity index (χ4v) is 3.49. The molecule has 1 amide bonds. The van der Waals surface area contributed by atoms with Gasteiger partial charge in [-0.25, -0.2) is 4.68 Å². The first kappa shape index (κ1) is 18.0. The van der Waals surface area contributed by atoms with E-state index in [0.29, 0.717) is 24.2 Å². The van der Waals surface area contributed by atoms with Gasteiger partial charge in [0.25, 0.3) is 5.91 Å². The van der Waals surface area contributed by atoms with E-state index in [-0.39, 0.29) is 5.91 Å². The average Bonchev–Trinajstić information content (AvgIpc) is 3.46. The van der Waals surface area contributed by atoms with Crippen molar-refractivity contribution < 1.29 is 9.53 Å². The third-order valence-corrected chi connectivity index (χ3v) is 5.38. The van der Waals surface area contributed by atoms with E-state index in [4.69, 9.17) is 4.74 Å². The highest BCUT2D eigenvalue weighted by Gasteiger charge is 2.24. The fraction of sp³-hybridized carbons (Fsp3) is 0.550. The number of carbonyl (C=O) groups is 1. The number of nitrogens with zero attached hydrogens (tertiary/aromatic N) is 3. The van der Waals surface area contributed by atoms with Crippen molar-refractivity contribution in [1.29, 1.82) is 0 Å². The van der Waals surface area contributed by atoms with Gasteiger partial charge in [0.1, 0.15) is 5.75 Å². The number of rotatable bonds is 7. The minimum atomic E-state index is -0.190. The summed E-state index contributed by atoms with van der Waals surface area (Å²) in [6.45, 7) is 5.05. The zero-order valence-corrected chi connectivity index (χ0v) is 15.8. The van der Waals surface area contributed by atoms with Gasteiger partial charge >= 0.3 is 0 Å². The number of carbonyl (C=O) groups excluding carboxylic acids is 1. The molecule has 1 aliphatic heterocycles. The molecule has 1 aliphatic carbocycles. The lowest BCUT2D eigenvalue weighted by Crippen LogP contribution is -2.30. The molecule has 0 unspecified atom stereocenters. The lowest BCUT2D eigenvalue weighted by atomic mass is 10.1. The van der Waals surface area contributed by atoms with E-state index in [1.165, 1.54) is 12.8 Å². The van der Waals surface area contributed by atoms with Crippen molar-refractivity contribution >= 4 is 5.91 Å². The average molecular weight is 369 g/mol. The Labute approximate surface area is 159 Å². The molecular formula is C20H27N5O2. The van der Waals surface area contributed by atoms with Gasteiger partial charge in [0.15, 0.2) is 5.69 Å². The van der Waals surface area contributed by atoms with Gasteiger partial charge < -0.3 is 15.4 Å². The minimum Gasteiger partial charge on any atom is -0.493 e. The summed E-state index contributed by atoms with van der Waals surface area (Å²) in [5.74, 6) is 1.35. The third kappa shape index (κ3) is 4.30. The molecule has 2 heterocycles. The molecule has 2 aliphatic rings. The summed E-state index contributed by atoms with van der Waals surface area (Å²) in [5, 5.41) is 14.7. The van der Waals surface area contributed by atoms with Gasteiger partial charge in [0.05, 0.1) is 18.3 Å². The molecule has 0 bridgehead atoms. The highest BCUT2D eigenvalue weighted by atomic mass is 16.5. The second kappa shape index (κ2) is 8.08. The van der Waals surface area contributed by atoms with Crippen LogP contribution in [0.1, 0.15) is 53.5 Å². The smallest absolute Gasteiger partial charge is 0.274 e. The molecule has 0 spiro atoms. The zero-order chi connectivity index (χ0) is 18.6. The maximum atomic E-state index is 12.6. The number of aromatic nitrogens is 3. The van der Waals surface area contributed by atoms with E-state index in [1.807, 2.05) is 35.9 Å². The summed E-state index contributed by atoms with van der Waals surface area (Å²) in [7, 11) is 0. The van der Waals surface area contributed by atoms with Crippen molar-refractivity contribution in [2.24, 2.45) is 5.92 Å². The van der Waals surface area contributed by atoms with Crippen molar-refractivity contribution in [3.05, 3.63) is 41.2 Å². The first-order chi connectivity index (χ1) is 13.2. The van der Waals surface area contributed by atoms with Crippen LogP contribution in [0.2, 0.25) is 0 Å². The van der Waals surface area contributed by atoms with Crippen LogP contribution < -0.4 is 15.4 Å².